The molecule has 1 N–H and O–H groups in total. The van der Waals surface area contributed by atoms with E-state index < -0.39 is 0 Å². The second-order valence-electron chi connectivity index (χ2n) is 12.5. The van der Waals surface area contributed by atoms with Crippen LogP contribution in [0.4, 0.5) is 5.00 Å². The smallest absolute Gasteiger partial charge is 0.257 e. The SMILES string of the molecule is Cc1sc(NC(=O)C2C(C)(C)C2(C)C)c(C(=O)N2CC3(C)CC2CC(C)(C)C3)c1C. The lowest BCUT2D eigenvalue weighted by Crippen LogP contribution is -2.38. The van der Waals surface area contributed by atoms with Crippen LogP contribution in [0.25, 0.3) is 0 Å². The van der Waals surface area contributed by atoms with Gasteiger partial charge in [0.05, 0.1) is 5.56 Å². The number of hydrogen-bond donors (Lipinski definition) is 1. The number of anilines is 1. The molecule has 166 valence electrons. The summed E-state index contributed by atoms with van der Waals surface area (Å²) in [5.41, 5.74) is 2.17. The molecule has 4 nitrogen and oxygen atoms in total. The Bertz CT molecular complexity index is 912. The molecule has 2 bridgehead atoms. The van der Waals surface area contributed by atoms with Crippen molar-refractivity contribution in [2.75, 3.05) is 11.9 Å². The van der Waals surface area contributed by atoms with E-state index in [4.69, 9.17) is 0 Å². The number of rotatable bonds is 3. The van der Waals surface area contributed by atoms with Crippen molar-refractivity contribution in [2.45, 2.75) is 87.6 Å². The number of nitrogens with zero attached hydrogens (tertiary/aromatic N) is 1. The Morgan fingerprint density at radius 3 is 2.17 bits per heavy atom. The fraction of sp³-hybridized carbons (Fsp3) is 0.760. The summed E-state index contributed by atoms with van der Waals surface area (Å²) in [6, 6.07) is 0.302. The molecule has 3 fully saturated rings. The second kappa shape index (κ2) is 6.34. The van der Waals surface area contributed by atoms with Crippen LogP contribution in [-0.4, -0.2) is 29.3 Å². The number of carbonyl (C=O) groups excluding carboxylic acids is 2. The van der Waals surface area contributed by atoms with Gasteiger partial charge in [-0.2, -0.15) is 0 Å². The van der Waals surface area contributed by atoms with Crippen molar-refractivity contribution in [2.24, 2.45) is 27.6 Å². The van der Waals surface area contributed by atoms with Crippen LogP contribution in [0.1, 0.15) is 88.5 Å². The number of nitrogens with one attached hydrogen (secondary N) is 1. The molecular formula is C25H38N2O2S. The molecule has 0 radical (unpaired) electrons. The first-order chi connectivity index (χ1) is 13.6. The maximum atomic E-state index is 13.8. The molecule has 2 unspecified atom stereocenters. The molecule has 1 aromatic heterocycles. The normalized spacial score (nSPS) is 31.0. The summed E-state index contributed by atoms with van der Waals surface area (Å²) < 4.78 is 0. The summed E-state index contributed by atoms with van der Waals surface area (Å²) in [6.07, 6.45) is 3.32. The molecule has 2 amide bonds. The van der Waals surface area contributed by atoms with Crippen molar-refractivity contribution >= 4 is 28.2 Å². The number of likely N-dealkylation sites (tertiary alicyclic amines) is 1. The lowest BCUT2D eigenvalue weighted by molar-refractivity contribution is -0.118. The molecule has 4 rings (SSSR count). The Hall–Kier alpha value is -1.36. The van der Waals surface area contributed by atoms with Gasteiger partial charge in [-0.25, -0.2) is 0 Å². The highest BCUT2D eigenvalue weighted by Crippen LogP contribution is 2.68. The predicted molar refractivity (Wildman–Crippen MR) is 124 cm³/mol. The predicted octanol–water partition coefficient (Wildman–Crippen LogP) is 6.03. The van der Waals surface area contributed by atoms with E-state index in [9.17, 15) is 9.59 Å². The Balaban J connectivity index is 1.61. The molecule has 2 heterocycles. The van der Waals surface area contributed by atoms with E-state index >= 15 is 0 Å². The van der Waals surface area contributed by atoms with Crippen LogP contribution in [0.15, 0.2) is 0 Å². The van der Waals surface area contributed by atoms with Gasteiger partial charge in [-0.3, -0.25) is 9.59 Å². The van der Waals surface area contributed by atoms with Crippen LogP contribution < -0.4 is 5.32 Å². The van der Waals surface area contributed by atoms with Gasteiger partial charge in [-0.15, -0.1) is 11.3 Å². The number of thiophene rings is 1. The van der Waals surface area contributed by atoms with Gasteiger partial charge in [0.15, 0.2) is 0 Å². The van der Waals surface area contributed by atoms with Gasteiger partial charge >= 0.3 is 0 Å². The van der Waals surface area contributed by atoms with Crippen molar-refractivity contribution in [3.63, 3.8) is 0 Å². The number of hydrogen-bond acceptors (Lipinski definition) is 3. The van der Waals surface area contributed by atoms with Gasteiger partial charge in [-0.05, 0) is 60.3 Å². The van der Waals surface area contributed by atoms with E-state index in [1.807, 2.05) is 13.8 Å². The summed E-state index contributed by atoms with van der Waals surface area (Å²) in [4.78, 5) is 30.1. The van der Waals surface area contributed by atoms with Gasteiger partial charge in [0.25, 0.3) is 5.91 Å². The highest BCUT2D eigenvalue weighted by Gasteiger charge is 2.68. The maximum absolute atomic E-state index is 13.8. The largest absolute Gasteiger partial charge is 0.335 e. The fourth-order valence-electron chi connectivity index (χ4n) is 6.85. The Labute approximate surface area is 185 Å². The van der Waals surface area contributed by atoms with Crippen LogP contribution in [0.2, 0.25) is 0 Å². The van der Waals surface area contributed by atoms with Crippen LogP contribution in [0.5, 0.6) is 0 Å². The van der Waals surface area contributed by atoms with Gasteiger partial charge in [0.1, 0.15) is 5.00 Å². The maximum Gasteiger partial charge on any atom is 0.257 e. The second-order valence-corrected chi connectivity index (χ2v) is 13.7. The number of carbonyl (C=O) groups is 2. The standard InChI is InChI=1S/C25H38N2O2S/c1-14-15(2)30-20(26-19(28)18-23(5,6)24(18,7)8)17(14)21(29)27-13-25(9)11-16(27)10-22(3,4)12-25/h16,18H,10-13H2,1-9H3,(H,26,28). The number of aryl methyl sites for hydroxylation is 1. The van der Waals surface area contributed by atoms with E-state index in [1.165, 1.54) is 0 Å². The molecule has 2 saturated carbocycles. The van der Waals surface area contributed by atoms with E-state index in [-0.39, 0.29) is 39.4 Å². The zero-order valence-corrected chi connectivity index (χ0v) is 21.0. The molecule has 1 aromatic rings. The molecule has 0 aromatic carbocycles. The average molecular weight is 431 g/mol. The summed E-state index contributed by atoms with van der Waals surface area (Å²) in [5, 5.41) is 3.91. The lowest BCUT2D eigenvalue weighted by atomic mass is 9.65. The Morgan fingerprint density at radius 1 is 1.00 bits per heavy atom. The molecule has 1 aliphatic heterocycles. The monoisotopic (exact) mass is 430 g/mol. The summed E-state index contributed by atoms with van der Waals surface area (Å²) >= 11 is 1.55. The highest BCUT2D eigenvalue weighted by molar-refractivity contribution is 7.16. The van der Waals surface area contributed by atoms with Crippen molar-refractivity contribution in [3.8, 4) is 0 Å². The molecule has 1 saturated heterocycles. The highest BCUT2D eigenvalue weighted by atomic mass is 32.1. The summed E-state index contributed by atoms with van der Waals surface area (Å²) in [5.74, 6) is 0.128. The molecule has 3 aliphatic rings. The number of fused-ring (bicyclic) bond motifs is 2. The van der Waals surface area contributed by atoms with Crippen molar-refractivity contribution < 1.29 is 9.59 Å². The first-order valence-electron chi connectivity index (χ1n) is 11.3. The van der Waals surface area contributed by atoms with Crippen LogP contribution in [0, 0.1) is 41.4 Å². The van der Waals surface area contributed by atoms with Gasteiger partial charge < -0.3 is 10.2 Å². The first kappa shape index (κ1) is 21.9. The third-order valence-electron chi connectivity index (χ3n) is 8.79. The van der Waals surface area contributed by atoms with E-state index in [0.717, 1.165) is 46.8 Å². The molecule has 2 aliphatic carbocycles. The van der Waals surface area contributed by atoms with E-state index in [0.29, 0.717) is 6.04 Å². The van der Waals surface area contributed by atoms with Crippen molar-refractivity contribution in [1.29, 1.82) is 0 Å². The van der Waals surface area contributed by atoms with Crippen molar-refractivity contribution in [3.05, 3.63) is 16.0 Å². The molecular weight excluding hydrogens is 392 g/mol. The van der Waals surface area contributed by atoms with Crippen LogP contribution >= 0.6 is 11.3 Å². The minimum absolute atomic E-state index is 0.0190. The van der Waals surface area contributed by atoms with Gasteiger partial charge in [0, 0.05) is 23.4 Å². The molecule has 30 heavy (non-hydrogen) atoms. The average Bonchev–Trinajstić information content (AvgIpc) is 2.76. The third kappa shape index (κ3) is 3.14. The summed E-state index contributed by atoms with van der Waals surface area (Å²) in [6.45, 7) is 20.5. The zero-order valence-electron chi connectivity index (χ0n) is 20.2. The summed E-state index contributed by atoms with van der Waals surface area (Å²) in [7, 11) is 0. The molecule has 2 atom stereocenters. The zero-order chi connectivity index (χ0) is 22.4. The number of amides is 2. The quantitative estimate of drug-likeness (QED) is 0.637. The Morgan fingerprint density at radius 2 is 1.60 bits per heavy atom. The molecule has 5 heteroatoms. The third-order valence-corrected chi connectivity index (χ3v) is 9.92. The van der Waals surface area contributed by atoms with E-state index in [2.05, 4.69) is 58.7 Å². The lowest BCUT2D eigenvalue weighted by Gasteiger charge is -2.39. The van der Waals surface area contributed by atoms with Crippen LogP contribution in [-0.2, 0) is 4.79 Å². The minimum Gasteiger partial charge on any atom is -0.335 e. The van der Waals surface area contributed by atoms with E-state index in [1.54, 1.807) is 11.3 Å². The van der Waals surface area contributed by atoms with Crippen molar-refractivity contribution in [1.82, 2.24) is 4.90 Å². The van der Waals surface area contributed by atoms with Gasteiger partial charge in [0.2, 0.25) is 5.91 Å². The van der Waals surface area contributed by atoms with Gasteiger partial charge in [-0.1, -0.05) is 48.5 Å². The van der Waals surface area contributed by atoms with Crippen LogP contribution in [0.3, 0.4) is 0 Å². The first-order valence-corrected chi connectivity index (χ1v) is 12.1. The Kier molecular flexibility index (Phi) is 4.62. The minimum atomic E-state index is -0.0265. The molecule has 0 spiro atoms. The topological polar surface area (TPSA) is 49.4 Å². The fourth-order valence-corrected chi connectivity index (χ4v) is 7.90.